The smallest absolute Gasteiger partial charge is 0.229 e. The van der Waals surface area contributed by atoms with Crippen LogP contribution in [-0.4, -0.2) is 40.6 Å². The maximum Gasteiger partial charge on any atom is 0.229 e. The van der Waals surface area contributed by atoms with E-state index in [-0.39, 0.29) is 29.7 Å². The number of carbonyl (C=O) groups excluding carboxylic acids is 2. The lowest BCUT2D eigenvalue weighted by atomic mass is 9.85. The molecule has 4 rings (SSSR count). The number of nitrogens with zero attached hydrogens (tertiary/aromatic N) is 2. The molecule has 2 aliphatic rings. The molecule has 0 radical (unpaired) electrons. The largest absolute Gasteiger partial charge is 0.382 e. The summed E-state index contributed by atoms with van der Waals surface area (Å²) in [7, 11) is 0. The quantitative estimate of drug-likeness (QED) is 0.571. The van der Waals surface area contributed by atoms with Crippen LogP contribution in [0.25, 0.3) is 11.0 Å². The molecular formula is C25H36N4O3. The van der Waals surface area contributed by atoms with Crippen molar-refractivity contribution in [2.45, 2.75) is 77.3 Å². The maximum atomic E-state index is 13.0. The van der Waals surface area contributed by atoms with Crippen molar-refractivity contribution in [2.75, 3.05) is 18.5 Å². The van der Waals surface area contributed by atoms with E-state index in [9.17, 15) is 9.59 Å². The second-order valence-electron chi connectivity index (χ2n) is 9.15. The number of benzene rings is 1. The molecule has 2 N–H and O–H groups in total. The van der Waals surface area contributed by atoms with Gasteiger partial charge in [0.15, 0.2) is 0 Å². The standard InChI is InChI=1S/C25H36N4O3/c1-2-32-17-7-16-29-22-11-6-5-10-21(22)27-25(29)28-24(31)19-12-14-20(15-13-19)26-23(30)18-8-3-4-9-18/h5-6,10-11,18-20H,2-4,7-9,12-17H2,1H3,(H,26,30)(H,27,28,31). The molecule has 2 aliphatic carbocycles. The van der Waals surface area contributed by atoms with E-state index < -0.39 is 0 Å². The minimum Gasteiger partial charge on any atom is -0.382 e. The minimum atomic E-state index is -0.0358. The van der Waals surface area contributed by atoms with Crippen LogP contribution in [0.2, 0.25) is 0 Å². The summed E-state index contributed by atoms with van der Waals surface area (Å²) in [6.45, 7) is 4.13. The lowest BCUT2D eigenvalue weighted by Gasteiger charge is -2.29. The van der Waals surface area contributed by atoms with E-state index in [1.807, 2.05) is 31.2 Å². The third-order valence-electron chi connectivity index (χ3n) is 6.93. The Bertz CT molecular complexity index is 911. The summed E-state index contributed by atoms with van der Waals surface area (Å²) in [5.74, 6) is 1.03. The highest BCUT2D eigenvalue weighted by Crippen LogP contribution is 2.29. The van der Waals surface area contributed by atoms with Gasteiger partial charge in [-0.2, -0.15) is 0 Å². The Hall–Kier alpha value is -2.41. The normalized spacial score (nSPS) is 21.7. The Labute approximate surface area is 190 Å². The zero-order valence-electron chi connectivity index (χ0n) is 19.1. The topological polar surface area (TPSA) is 85.2 Å². The van der Waals surface area contributed by atoms with Crippen molar-refractivity contribution in [3.05, 3.63) is 24.3 Å². The number of ether oxygens (including phenoxy) is 1. The molecule has 1 aromatic heterocycles. The Kier molecular flexibility index (Phi) is 7.79. The van der Waals surface area contributed by atoms with Gasteiger partial charge < -0.3 is 14.6 Å². The molecule has 2 aromatic rings. The van der Waals surface area contributed by atoms with Crippen LogP contribution in [0, 0.1) is 11.8 Å². The van der Waals surface area contributed by atoms with Gasteiger partial charge in [-0.25, -0.2) is 4.98 Å². The first-order valence-corrected chi connectivity index (χ1v) is 12.3. The first-order valence-electron chi connectivity index (χ1n) is 12.3. The highest BCUT2D eigenvalue weighted by Gasteiger charge is 2.30. The van der Waals surface area contributed by atoms with Gasteiger partial charge in [-0.15, -0.1) is 0 Å². The van der Waals surface area contributed by atoms with Crippen molar-refractivity contribution in [1.29, 1.82) is 0 Å². The zero-order chi connectivity index (χ0) is 22.3. The number of para-hydroxylation sites is 2. The van der Waals surface area contributed by atoms with Gasteiger partial charge in [0, 0.05) is 37.6 Å². The monoisotopic (exact) mass is 440 g/mol. The number of anilines is 1. The van der Waals surface area contributed by atoms with E-state index >= 15 is 0 Å². The van der Waals surface area contributed by atoms with Crippen molar-refractivity contribution in [1.82, 2.24) is 14.9 Å². The van der Waals surface area contributed by atoms with Gasteiger partial charge >= 0.3 is 0 Å². The summed E-state index contributed by atoms with van der Waals surface area (Å²) in [5, 5.41) is 6.33. The van der Waals surface area contributed by atoms with Crippen molar-refractivity contribution in [3.63, 3.8) is 0 Å². The Morgan fingerprint density at radius 2 is 1.75 bits per heavy atom. The average Bonchev–Trinajstić information content (AvgIpc) is 3.46. The average molecular weight is 441 g/mol. The van der Waals surface area contributed by atoms with Crippen LogP contribution in [0.3, 0.4) is 0 Å². The fourth-order valence-corrected chi connectivity index (χ4v) is 5.09. The van der Waals surface area contributed by atoms with E-state index in [2.05, 4.69) is 20.2 Å². The minimum absolute atomic E-state index is 0.0342. The summed E-state index contributed by atoms with van der Waals surface area (Å²) >= 11 is 0. The Balaban J connectivity index is 1.33. The number of rotatable bonds is 9. The molecule has 0 aliphatic heterocycles. The van der Waals surface area contributed by atoms with E-state index in [0.29, 0.717) is 19.2 Å². The van der Waals surface area contributed by atoms with Gasteiger partial charge in [-0.3, -0.25) is 14.9 Å². The van der Waals surface area contributed by atoms with Gasteiger partial charge in [-0.1, -0.05) is 25.0 Å². The molecule has 7 nitrogen and oxygen atoms in total. The predicted octanol–water partition coefficient (Wildman–Crippen LogP) is 4.27. The molecule has 2 amide bonds. The second-order valence-corrected chi connectivity index (χ2v) is 9.15. The van der Waals surface area contributed by atoms with E-state index in [1.165, 1.54) is 12.8 Å². The lowest BCUT2D eigenvalue weighted by Crippen LogP contribution is -2.41. The van der Waals surface area contributed by atoms with Crippen LogP contribution in [-0.2, 0) is 20.9 Å². The zero-order valence-corrected chi connectivity index (χ0v) is 19.1. The maximum absolute atomic E-state index is 13.0. The Morgan fingerprint density at radius 3 is 2.50 bits per heavy atom. The number of aryl methyl sites for hydroxylation is 1. The van der Waals surface area contributed by atoms with E-state index in [1.54, 1.807) is 0 Å². The summed E-state index contributed by atoms with van der Waals surface area (Å²) < 4.78 is 7.56. The predicted molar refractivity (Wildman–Crippen MR) is 125 cm³/mol. The van der Waals surface area contributed by atoms with Gasteiger partial charge in [0.2, 0.25) is 17.8 Å². The number of carbonyl (C=O) groups is 2. The highest BCUT2D eigenvalue weighted by atomic mass is 16.5. The third-order valence-corrected chi connectivity index (χ3v) is 6.93. The number of hydrogen-bond donors (Lipinski definition) is 2. The first kappa shape index (κ1) is 22.8. The third kappa shape index (κ3) is 5.49. The molecule has 7 heteroatoms. The molecule has 32 heavy (non-hydrogen) atoms. The lowest BCUT2D eigenvalue weighted by molar-refractivity contribution is -0.125. The molecule has 0 spiro atoms. The summed E-state index contributed by atoms with van der Waals surface area (Å²) in [6, 6.07) is 8.18. The number of amides is 2. The van der Waals surface area contributed by atoms with E-state index in [0.717, 1.165) is 62.5 Å². The molecule has 0 bridgehead atoms. The SMILES string of the molecule is CCOCCCn1c(NC(=O)C2CCC(NC(=O)C3CCCC3)CC2)nc2ccccc21. The van der Waals surface area contributed by atoms with Crippen LogP contribution < -0.4 is 10.6 Å². The van der Waals surface area contributed by atoms with Crippen LogP contribution in [0.15, 0.2) is 24.3 Å². The molecule has 0 atom stereocenters. The number of imidazole rings is 1. The van der Waals surface area contributed by atoms with Gasteiger partial charge in [0.25, 0.3) is 0 Å². The van der Waals surface area contributed by atoms with Gasteiger partial charge in [0.1, 0.15) is 0 Å². The summed E-state index contributed by atoms with van der Waals surface area (Å²) in [4.78, 5) is 30.1. The molecule has 0 saturated heterocycles. The van der Waals surface area contributed by atoms with Crippen molar-refractivity contribution < 1.29 is 14.3 Å². The summed E-state index contributed by atoms with van der Waals surface area (Å²) in [5.41, 5.74) is 1.91. The van der Waals surface area contributed by atoms with Crippen molar-refractivity contribution >= 4 is 28.8 Å². The first-order chi connectivity index (χ1) is 15.7. The fraction of sp³-hybridized carbons (Fsp3) is 0.640. The van der Waals surface area contributed by atoms with Crippen molar-refractivity contribution in [2.24, 2.45) is 11.8 Å². The molecule has 174 valence electrons. The van der Waals surface area contributed by atoms with Crippen LogP contribution in [0.4, 0.5) is 5.95 Å². The molecule has 1 heterocycles. The number of hydrogen-bond acceptors (Lipinski definition) is 4. The second kappa shape index (κ2) is 10.9. The fourth-order valence-electron chi connectivity index (χ4n) is 5.09. The molecule has 2 saturated carbocycles. The molecule has 1 aromatic carbocycles. The van der Waals surface area contributed by atoms with Gasteiger partial charge in [-0.05, 0) is 64.0 Å². The Morgan fingerprint density at radius 1 is 1.03 bits per heavy atom. The van der Waals surface area contributed by atoms with E-state index in [4.69, 9.17) is 4.74 Å². The van der Waals surface area contributed by atoms with Crippen LogP contribution in [0.1, 0.15) is 64.7 Å². The van der Waals surface area contributed by atoms with Crippen LogP contribution in [0.5, 0.6) is 0 Å². The molecule has 0 unspecified atom stereocenters. The van der Waals surface area contributed by atoms with Crippen LogP contribution >= 0.6 is 0 Å². The van der Waals surface area contributed by atoms with Crippen molar-refractivity contribution in [3.8, 4) is 0 Å². The number of fused-ring (bicyclic) bond motifs is 1. The molecular weight excluding hydrogens is 404 g/mol. The highest BCUT2D eigenvalue weighted by molar-refractivity contribution is 5.93. The number of nitrogens with one attached hydrogen (secondary N) is 2. The summed E-state index contributed by atoms with van der Waals surface area (Å²) in [6.07, 6.45) is 8.57. The van der Waals surface area contributed by atoms with Gasteiger partial charge in [0.05, 0.1) is 11.0 Å². The molecule has 2 fully saturated rings. The number of aromatic nitrogens is 2.